The number of carbonyl (C=O) groups is 2. The summed E-state index contributed by atoms with van der Waals surface area (Å²) in [5.41, 5.74) is -0.592. The van der Waals surface area contributed by atoms with Crippen LogP contribution in [0.1, 0.15) is 42.6 Å². The van der Waals surface area contributed by atoms with Gasteiger partial charge in [0.05, 0.1) is 6.10 Å². The normalized spacial score (nSPS) is 14.8. The van der Waals surface area contributed by atoms with Crippen LogP contribution in [0.4, 0.5) is 8.78 Å². The quantitative estimate of drug-likeness (QED) is 0.576. The molecule has 0 N–H and O–H groups in total. The van der Waals surface area contributed by atoms with Gasteiger partial charge in [-0.25, -0.2) is 13.6 Å². The summed E-state index contributed by atoms with van der Waals surface area (Å²) in [7, 11) is 0. The van der Waals surface area contributed by atoms with Crippen LogP contribution in [0.3, 0.4) is 0 Å². The number of hydrogen-bond acceptors (Lipinski definition) is 4. The first kappa shape index (κ1) is 18.0. The van der Waals surface area contributed by atoms with E-state index in [2.05, 4.69) is 0 Å². The summed E-state index contributed by atoms with van der Waals surface area (Å²) >= 11 is 0. The molecule has 1 aliphatic rings. The van der Waals surface area contributed by atoms with Crippen molar-refractivity contribution in [2.45, 2.75) is 38.4 Å². The first-order valence-corrected chi connectivity index (χ1v) is 8.31. The van der Waals surface area contributed by atoms with Gasteiger partial charge in [-0.15, -0.1) is 0 Å². The fourth-order valence-electron chi connectivity index (χ4n) is 2.49. The van der Waals surface area contributed by atoms with Crippen molar-refractivity contribution < 1.29 is 27.8 Å². The number of esters is 1. The molecule has 0 amide bonds. The Hall–Kier alpha value is -2.76. The first-order chi connectivity index (χ1) is 12.3. The van der Waals surface area contributed by atoms with Crippen molar-refractivity contribution in [1.29, 1.82) is 0 Å². The molecule has 0 aliphatic heterocycles. The standard InChI is InChI=1S/C20H18F2O4/c1-12(2)25-19(24)20(9-10-20)26-15-6-3-13(4-7-15)18(23)14-5-8-16(21)17(22)11-14/h3-8,11-12H,9-10H2,1-2H3. The molecule has 1 saturated carbocycles. The number of rotatable bonds is 6. The van der Waals surface area contributed by atoms with Crippen molar-refractivity contribution in [3.63, 3.8) is 0 Å². The Morgan fingerprint density at radius 3 is 2.12 bits per heavy atom. The number of benzene rings is 2. The molecule has 2 aromatic rings. The monoisotopic (exact) mass is 360 g/mol. The summed E-state index contributed by atoms with van der Waals surface area (Å²) in [6, 6.07) is 9.17. The fraction of sp³-hybridized carbons (Fsp3) is 0.300. The molecule has 136 valence electrons. The van der Waals surface area contributed by atoms with Crippen LogP contribution in [0.2, 0.25) is 0 Å². The van der Waals surface area contributed by atoms with Gasteiger partial charge in [-0.1, -0.05) is 0 Å². The van der Waals surface area contributed by atoms with Gasteiger partial charge in [-0.3, -0.25) is 4.79 Å². The highest BCUT2D eigenvalue weighted by molar-refractivity contribution is 6.09. The first-order valence-electron chi connectivity index (χ1n) is 8.31. The highest BCUT2D eigenvalue weighted by Gasteiger charge is 2.54. The number of hydrogen-bond donors (Lipinski definition) is 0. The minimum Gasteiger partial charge on any atom is -0.476 e. The van der Waals surface area contributed by atoms with E-state index in [1.807, 2.05) is 0 Å². The molecular weight excluding hydrogens is 342 g/mol. The van der Waals surface area contributed by atoms with E-state index in [-0.39, 0.29) is 11.7 Å². The van der Waals surface area contributed by atoms with Gasteiger partial charge in [-0.2, -0.15) is 0 Å². The lowest BCUT2D eigenvalue weighted by atomic mass is 10.0. The summed E-state index contributed by atoms with van der Waals surface area (Å²) in [4.78, 5) is 24.4. The number of carbonyl (C=O) groups excluding carboxylic acids is 2. The molecule has 1 aliphatic carbocycles. The van der Waals surface area contributed by atoms with E-state index < -0.39 is 29.0 Å². The third-order valence-electron chi connectivity index (χ3n) is 4.03. The third kappa shape index (κ3) is 3.74. The summed E-state index contributed by atoms with van der Waals surface area (Å²) < 4.78 is 37.2. The van der Waals surface area contributed by atoms with Crippen molar-refractivity contribution in [2.75, 3.05) is 0 Å². The highest BCUT2D eigenvalue weighted by atomic mass is 19.2. The zero-order valence-corrected chi connectivity index (χ0v) is 14.4. The molecular formula is C20H18F2O4. The second-order valence-corrected chi connectivity index (χ2v) is 6.53. The van der Waals surface area contributed by atoms with Crippen LogP contribution in [0.15, 0.2) is 42.5 Å². The van der Waals surface area contributed by atoms with E-state index in [0.29, 0.717) is 24.2 Å². The second kappa shape index (κ2) is 6.86. The highest BCUT2D eigenvalue weighted by Crippen LogP contribution is 2.41. The molecule has 1 fully saturated rings. The summed E-state index contributed by atoms with van der Waals surface area (Å²) in [6.07, 6.45) is 0.932. The van der Waals surface area contributed by atoms with Gasteiger partial charge in [0.15, 0.2) is 17.4 Å². The van der Waals surface area contributed by atoms with Crippen LogP contribution in [-0.4, -0.2) is 23.5 Å². The molecule has 0 saturated heterocycles. The molecule has 26 heavy (non-hydrogen) atoms. The molecule has 0 bridgehead atoms. The van der Waals surface area contributed by atoms with Gasteiger partial charge >= 0.3 is 5.97 Å². The molecule has 2 aromatic carbocycles. The molecule has 0 atom stereocenters. The van der Waals surface area contributed by atoms with Crippen LogP contribution >= 0.6 is 0 Å². The number of halogens is 2. The smallest absolute Gasteiger partial charge is 0.350 e. The van der Waals surface area contributed by atoms with E-state index in [0.717, 1.165) is 12.1 Å². The lowest BCUT2D eigenvalue weighted by molar-refractivity contribution is -0.158. The Morgan fingerprint density at radius 2 is 1.58 bits per heavy atom. The average Bonchev–Trinajstić information content (AvgIpc) is 3.38. The second-order valence-electron chi connectivity index (χ2n) is 6.53. The van der Waals surface area contributed by atoms with Crippen molar-refractivity contribution >= 4 is 11.8 Å². The third-order valence-corrected chi connectivity index (χ3v) is 4.03. The molecule has 6 heteroatoms. The fourth-order valence-corrected chi connectivity index (χ4v) is 2.49. The van der Waals surface area contributed by atoms with Gasteiger partial charge in [0.2, 0.25) is 5.60 Å². The summed E-state index contributed by atoms with van der Waals surface area (Å²) in [6.45, 7) is 3.54. The predicted octanol–water partition coefficient (Wildman–Crippen LogP) is 4.06. The molecule has 0 spiro atoms. The van der Waals surface area contributed by atoms with E-state index in [4.69, 9.17) is 9.47 Å². The topological polar surface area (TPSA) is 52.6 Å². The predicted molar refractivity (Wildman–Crippen MR) is 90.1 cm³/mol. The van der Waals surface area contributed by atoms with E-state index in [1.165, 1.54) is 18.2 Å². The minimum absolute atomic E-state index is 0.0525. The Morgan fingerprint density at radius 1 is 0.962 bits per heavy atom. The van der Waals surface area contributed by atoms with Crippen molar-refractivity contribution in [3.8, 4) is 5.75 Å². The van der Waals surface area contributed by atoms with Gasteiger partial charge in [0.1, 0.15) is 5.75 Å². The van der Waals surface area contributed by atoms with Crippen molar-refractivity contribution in [2.24, 2.45) is 0 Å². The van der Waals surface area contributed by atoms with E-state index >= 15 is 0 Å². The maximum atomic E-state index is 13.3. The van der Waals surface area contributed by atoms with Crippen LogP contribution in [0.25, 0.3) is 0 Å². The van der Waals surface area contributed by atoms with Crippen LogP contribution in [0, 0.1) is 11.6 Å². The SMILES string of the molecule is CC(C)OC(=O)C1(Oc2ccc(C(=O)c3ccc(F)c(F)c3)cc2)CC1. The summed E-state index contributed by atoms with van der Waals surface area (Å²) in [5.74, 6) is -2.47. The number of ketones is 1. The van der Waals surface area contributed by atoms with E-state index in [9.17, 15) is 18.4 Å². The van der Waals surface area contributed by atoms with Gasteiger partial charge in [0, 0.05) is 24.0 Å². The largest absolute Gasteiger partial charge is 0.476 e. The average molecular weight is 360 g/mol. The lowest BCUT2D eigenvalue weighted by Gasteiger charge is -2.18. The maximum Gasteiger partial charge on any atom is 0.350 e. The van der Waals surface area contributed by atoms with Gasteiger partial charge < -0.3 is 9.47 Å². The Kier molecular flexibility index (Phi) is 4.76. The molecule has 4 nitrogen and oxygen atoms in total. The molecule has 0 radical (unpaired) electrons. The molecule has 0 unspecified atom stereocenters. The maximum absolute atomic E-state index is 13.3. The minimum atomic E-state index is -1.07. The zero-order valence-electron chi connectivity index (χ0n) is 14.4. The molecule has 0 aromatic heterocycles. The van der Waals surface area contributed by atoms with Crippen LogP contribution in [-0.2, 0) is 9.53 Å². The van der Waals surface area contributed by atoms with Crippen molar-refractivity contribution in [1.82, 2.24) is 0 Å². The van der Waals surface area contributed by atoms with E-state index in [1.54, 1.807) is 26.0 Å². The van der Waals surface area contributed by atoms with Crippen LogP contribution < -0.4 is 4.74 Å². The summed E-state index contributed by atoms with van der Waals surface area (Å²) in [5, 5.41) is 0. The Bertz CT molecular complexity index is 839. The zero-order chi connectivity index (χ0) is 18.9. The lowest BCUT2D eigenvalue weighted by Crippen LogP contribution is -2.33. The van der Waals surface area contributed by atoms with Gasteiger partial charge in [0.25, 0.3) is 0 Å². The molecule has 0 heterocycles. The van der Waals surface area contributed by atoms with Gasteiger partial charge in [-0.05, 0) is 56.3 Å². The van der Waals surface area contributed by atoms with Crippen LogP contribution in [0.5, 0.6) is 5.75 Å². The Labute approximate surface area is 149 Å². The van der Waals surface area contributed by atoms with Crippen molar-refractivity contribution in [3.05, 3.63) is 65.2 Å². The molecule has 3 rings (SSSR count). The Balaban J connectivity index is 1.71. The number of ether oxygens (including phenoxy) is 2.